The van der Waals surface area contributed by atoms with Gasteiger partial charge in [-0.1, -0.05) is 30.3 Å². The van der Waals surface area contributed by atoms with Gasteiger partial charge in [0.25, 0.3) is 5.56 Å². The van der Waals surface area contributed by atoms with Gasteiger partial charge in [-0.15, -0.1) is 22.7 Å². The van der Waals surface area contributed by atoms with Crippen molar-refractivity contribution in [2.45, 2.75) is 13.2 Å². The highest BCUT2D eigenvalue weighted by Gasteiger charge is 2.12. The minimum absolute atomic E-state index is 0.0747. The maximum Gasteiger partial charge on any atom is 0.271 e. The van der Waals surface area contributed by atoms with Crippen LogP contribution in [0.2, 0.25) is 0 Å². The molecule has 0 N–H and O–H groups in total. The Balaban J connectivity index is 1.33. The van der Waals surface area contributed by atoms with Crippen molar-refractivity contribution in [3.05, 3.63) is 99.2 Å². The summed E-state index contributed by atoms with van der Waals surface area (Å²) in [6.07, 6.45) is 1.57. The summed E-state index contributed by atoms with van der Waals surface area (Å²) < 4.78 is 20.8. The molecule has 5 nitrogen and oxygen atoms in total. The highest BCUT2D eigenvalue weighted by molar-refractivity contribution is 7.22. The summed E-state index contributed by atoms with van der Waals surface area (Å²) in [6, 6.07) is 17.8. The van der Waals surface area contributed by atoms with Crippen LogP contribution >= 0.6 is 22.7 Å². The number of halogens is 1. The van der Waals surface area contributed by atoms with Crippen LogP contribution in [-0.4, -0.2) is 14.5 Å². The maximum atomic E-state index is 13.0. The largest absolute Gasteiger partial charge is 0.486 e. The molecule has 0 amide bonds. The van der Waals surface area contributed by atoms with E-state index in [1.807, 2.05) is 41.8 Å². The summed E-state index contributed by atoms with van der Waals surface area (Å²) in [6.45, 7) is 0.626. The van der Waals surface area contributed by atoms with Gasteiger partial charge in [-0.25, -0.2) is 14.4 Å². The molecule has 3 heterocycles. The fourth-order valence-electron chi connectivity index (χ4n) is 3.14. The summed E-state index contributed by atoms with van der Waals surface area (Å²) >= 11 is 2.91. The Labute approximate surface area is 185 Å². The first-order chi connectivity index (χ1) is 15.2. The highest BCUT2D eigenvalue weighted by atomic mass is 32.1. The number of ether oxygens (including phenoxy) is 1. The van der Waals surface area contributed by atoms with Crippen molar-refractivity contribution in [1.82, 2.24) is 14.5 Å². The molecule has 2 aromatic carbocycles. The Morgan fingerprint density at radius 1 is 1.06 bits per heavy atom. The summed E-state index contributed by atoms with van der Waals surface area (Å²) in [5.74, 6) is 0.275. The number of thiophene rings is 1. The normalized spacial score (nSPS) is 11.1. The van der Waals surface area contributed by atoms with E-state index in [9.17, 15) is 9.18 Å². The number of rotatable bonds is 6. The average Bonchev–Trinajstić information content (AvgIpc) is 3.43. The van der Waals surface area contributed by atoms with Crippen LogP contribution in [-0.2, 0) is 13.2 Å². The molecule has 31 heavy (non-hydrogen) atoms. The summed E-state index contributed by atoms with van der Waals surface area (Å²) in [5, 5.41) is 2.69. The summed E-state index contributed by atoms with van der Waals surface area (Å²) in [5.41, 5.74) is 2.47. The lowest BCUT2D eigenvalue weighted by atomic mass is 10.2. The van der Waals surface area contributed by atoms with E-state index in [2.05, 4.69) is 9.97 Å². The highest BCUT2D eigenvalue weighted by Crippen LogP contribution is 2.30. The Bertz CT molecular complexity index is 1390. The Hall–Kier alpha value is -3.36. The number of hydrogen-bond acceptors (Lipinski definition) is 6. The lowest BCUT2D eigenvalue weighted by molar-refractivity contribution is 0.305. The number of benzene rings is 2. The first-order valence-corrected chi connectivity index (χ1v) is 11.2. The third kappa shape index (κ3) is 4.26. The first-order valence-electron chi connectivity index (χ1n) is 9.52. The molecule has 0 aliphatic carbocycles. The number of thiazole rings is 1. The third-order valence-corrected chi connectivity index (χ3v) is 6.70. The second kappa shape index (κ2) is 8.41. The predicted octanol–water partition coefficient (Wildman–Crippen LogP) is 5.35. The molecule has 0 unspecified atom stereocenters. The van der Waals surface area contributed by atoms with Crippen LogP contribution in [0.3, 0.4) is 0 Å². The number of fused-ring (bicyclic) bond motifs is 1. The van der Waals surface area contributed by atoms with Crippen molar-refractivity contribution in [2.75, 3.05) is 0 Å². The molecule has 0 fully saturated rings. The molecule has 0 radical (unpaired) electrons. The van der Waals surface area contributed by atoms with Gasteiger partial charge in [0.15, 0.2) is 0 Å². The molecule has 5 rings (SSSR count). The van der Waals surface area contributed by atoms with Crippen LogP contribution in [0.5, 0.6) is 5.75 Å². The first kappa shape index (κ1) is 19.6. The molecule has 0 spiro atoms. The van der Waals surface area contributed by atoms with E-state index in [0.29, 0.717) is 22.5 Å². The van der Waals surface area contributed by atoms with Crippen LogP contribution in [0.15, 0.2) is 77.2 Å². The van der Waals surface area contributed by atoms with Crippen LogP contribution in [0.1, 0.15) is 10.7 Å². The zero-order chi connectivity index (χ0) is 21.2. The molecule has 0 atom stereocenters. The lowest BCUT2D eigenvalue weighted by Crippen LogP contribution is -2.20. The fraction of sp³-hybridized carbons (Fsp3) is 0.0870. The molecular weight excluding hydrogens is 433 g/mol. The number of nitrogens with zero attached hydrogens (tertiary/aromatic N) is 3. The van der Waals surface area contributed by atoms with Crippen molar-refractivity contribution in [1.29, 1.82) is 0 Å². The second-order valence-corrected chi connectivity index (χ2v) is 8.84. The van der Waals surface area contributed by atoms with E-state index in [4.69, 9.17) is 4.74 Å². The SMILES string of the molecule is O=c1c2sc(-c3ccccc3)cc2ncn1Cc1csc(COc2ccc(F)cc2)n1. The average molecular weight is 450 g/mol. The van der Waals surface area contributed by atoms with Crippen LogP contribution in [0, 0.1) is 5.82 Å². The molecule has 8 heteroatoms. The van der Waals surface area contributed by atoms with Gasteiger partial charge in [0.1, 0.15) is 27.9 Å². The van der Waals surface area contributed by atoms with Gasteiger partial charge in [0.2, 0.25) is 0 Å². The Morgan fingerprint density at radius 2 is 1.87 bits per heavy atom. The molecule has 3 aromatic heterocycles. The van der Waals surface area contributed by atoms with E-state index in [1.54, 1.807) is 23.0 Å². The third-order valence-electron chi connectivity index (χ3n) is 4.67. The zero-order valence-electron chi connectivity index (χ0n) is 16.2. The standard InChI is InChI=1S/C23H16FN3O2S2/c24-16-6-8-18(9-7-16)29-12-21-26-17(13-30-21)11-27-14-25-19-10-20(31-22(19)23(27)28)15-4-2-1-3-5-15/h1-10,13-14H,11-12H2. The van der Waals surface area contributed by atoms with Crippen LogP contribution in [0.4, 0.5) is 4.39 Å². The molecule has 5 aromatic rings. The summed E-state index contributed by atoms with van der Waals surface area (Å²) in [4.78, 5) is 23.0. The topological polar surface area (TPSA) is 57.0 Å². The van der Waals surface area contributed by atoms with E-state index in [0.717, 1.165) is 21.1 Å². The predicted molar refractivity (Wildman–Crippen MR) is 121 cm³/mol. The van der Waals surface area contributed by atoms with Crippen molar-refractivity contribution in [3.63, 3.8) is 0 Å². The molecule has 154 valence electrons. The maximum absolute atomic E-state index is 13.0. The van der Waals surface area contributed by atoms with E-state index in [-0.39, 0.29) is 18.0 Å². The zero-order valence-corrected chi connectivity index (χ0v) is 17.8. The van der Waals surface area contributed by atoms with Gasteiger partial charge in [0, 0.05) is 10.3 Å². The lowest BCUT2D eigenvalue weighted by Gasteiger charge is -2.04. The van der Waals surface area contributed by atoms with Gasteiger partial charge in [0.05, 0.1) is 24.1 Å². The quantitative estimate of drug-likeness (QED) is 0.351. The monoisotopic (exact) mass is 449 g/mol. The molecule has 0 saturated heterocycles. The Morgan fingerprint density at radius 3 is 2.68 bits per heavy atom. The smallest absolute Gasteiger partial charge is 0.271 e. The molecule has 0 saturated carbocycles. The van der Waals surface area contributed by atoms with Crippen LogP contribution < -0.4 is 10.3 Å². The fourth-order valence-corrected chi connectivity index (χ4v) is 4.90. The second-order valence-electron chi connectivity index (χ2n) is 6.84. The molecular formula is C23H16FN3O2S2. The van der Waals surface area contributed by atoms with E-state index < -0.39 is 0 Å². The van der Waals surface area contributed by atoms with Gasteiger partial charge >= 0.3 is 0 Å². The van der Waals surface area contributed by atoms with Gasteiger partial charge in [-0.05, 0) is 35.9 Å². The minimum atomic E-state index is -0.304. The Kier molecular flexibility index (Phi) is 5.31. The van der Waals surface area contributed by atoms with Crippen molar-refractivity contribution < 1.29 is 9.13 Å². The van der Waals surface area contributed by atoms with Crippen LogP contribution in [0.25, 0.3) is 20.7 Å². The molecule has 0 bridgehead atoms. The summed E-state index contributed by atoms with van der Waals surface area (Å²) in [7, 11) is 0. The van der Waals surface area contributed by atoms with E-state index >= 15 is 0 Å². The van der Waals surface area contributed by atoms with Gasteiger partial charge < -0.3 is 4.74 Å². The van der Waals surface area contributed by atoms with Gasteiger partial charge in [-0.2, -0.15) is 0 Å². The number of hydrogen-bond donors (Lipinski definition) is 0. The van der Waals surface area contributed by atoms with E-state index in [1.165, 1.54) is 34.8 Å². The van der Waals surface area contributed by atoms with Gasteiger partial charge in [-0.3, -0.25) is 9.36 Å². The minimum Gasteiger partial charge on any atom is -0.486 e. The molecule has 0 aliphatic heterocycles. The van der Waals surface area contributed by atoms with Crippen molar-refractivity contribution in [3.8, 4) is 16.2 Å². The van der Waals surface area contributed by atoms with Crippen molar-refractivity contribution >= 4 is 32.9 Å². The number of aromatic nitrogens is 3. The molecule has 0 aliphatic rings. The van der Waals surface area contributed by atoms with Crippen molar-refractivity contribution in [2.24, 2.45) is 0 Å².